The smallest absolute Gasteiger partial charge is 0.339 e. The standard InChI is InChI=1S/C15H12O4/c1-10(16)11-6-8-12(9-7-11)19-14-5-3-2-4-13(14)15(17)18/h2-9H,1H3,(H,17,18). The molecule has 0 saturated carbocycles. The molecule has 2 rings (SSSR count). The Labute approximate surface area is 110 Å². The van der Waals surface area contributed by atoms with Crippen LogP contribution in [-0.4, -0.2) is 16.9 Å². The van der Waals surface area contributed by atoms with Gasteiger partial charge in [0, 0.05) is 5.56 Å². The summed E-state index contributed by atoms with van der Waals surface area (Å²) in [5, 5.41) is 9.04. The van der Waals surface area contributed by atoms with Crippen molar-refractivity contribution in [1.29, 1.82) is 0 Å². The van der Waals surface area contributed by atoms with Crippen molar-refractivity contribution in [2.45, 2.75) is 6.92 Å². The second kappa shape index (κ2) is 5.35. The molecule has 0 fully saturated rings. The van der Waals surface area contributed by atoms with Crippen molar-refractivity contribution >= 4 is 11.8 Å². The van der Waals surface area contributed by atoms with E-state index in [0.29, 0.717) is 11.3 Å². The highest BCUT2D eigenvalue weighted by atomic mass is 16.5. The van der Waals surface area contributed by atoms with Crippen LogP contribution < -0.4 is 4.74 Å². The normalized spacial score (nSPS) is 9.95. The SMILES string of the molecule is CC(=O)c1ccc(Oc2ccccc2C(=O)O)cc1. The summed E-state index contributed by atoms with van der Waals surface area (Å²) in [6.45, 7) is 1.48. The highest BCUT2D eigenvalue weighted by Crippen LogP contribution is 2.25. The van der Waals surface area contributed by atoms with Crippen LogP contribution in [0.4, 0.5) is 0 Å². The van der Waals surface area contributed by atoms with Crippen LogP contribution in [0, 0.1) is 0 Å². The summed E-state index contributed by atoms with van der Waals surface area (Å²) in [5.41, 5.74) is 0.678. The van der Waals surface area contributed by atoms with Crippen molar-refractivity contribution in [1.82, 2.24) is 0 Å². The molecular weight excluding hydrogens is 244 g/mol. The Morgan fingerprint density at radius 1 is 1.00 bits per heavy atom. The van der Waals surface area contributed by atoms with Gasteiger partial charge in [-0.3, -0.25) is 4.79 Å². The fourth-order valence-corrected chi connectivity index (χ4v) is 1.62. The average Bonchev–Trinajstić information content (AvgIpc) is 2.39. The van der Waals surface area contributed by atoms with E-state index >= 15 is 0 Å². The monoisotopic (exact) mass is 256 g/mol. The number of benzene rings is 2. The number of ketones is 1. The molecule has 4 heteroatoms. The van der Waals surface area contributed by atoms with Gasteiger partial charge in [-0.2, -0.15) is 0 Å². The number of carbonyl (C=O) groups is 2. The molecule has 0 aliphatic carbocycles. The summed E-state index contributed by atoms with van der Waals surface area (Å²) >= 11 is 0. The van der Waals surface area contributed by atoms with Gasteiger partial charge in [-0.25, -0.2) is 4.79 Å². The Hall–Kier alpha value is -2.62. The van der Waals surface area contributed by atoms with Gasteiger partial charge in [0.1, 0.15) is 17.1 Å². The van der Waals surface area contributed by atoms with Crippen LogP contribution in [0.1, 0.15) is 27.6 Å². The summed E-state index contributed by atoms with van der Waals surface area (Å²) in [5.74, 6) is -0.322. The molecule has 0 atom stereocenters. The lowest BCUT2D eigenvalue weighted by Crippen LogP contribution is -1.99. The number of hydrogen-bond acceptors (Lipinski definition) is 3. The Bertz CT molecular complexity index is 614. The average molecular weight is 256 g/mol. The van der Waals surface area contributed by atoms with Crippen LogP contribution >= 0.6 is 0 Å². The molecule has 0 heterocycles. The summed E-state index contributed by atoms with van der Waals surface area (Å²) in [6.07, 6.45) is 0. The fraction of sp³-hybridized carbons (Fsp3) is 0.0667. The highest BCUT2D eigenvalue weighted by molar-refractivity contribution is 5.94. The Balaban J connectivity index is 2.26. The summed E-state index contributed by atoms with van der Waals surface area (Å²) in [6, 6.07) is 12.9. The summed E-state index contributed by atoms with van der Waals surface area (Å²) < 4.78 is 5.51. The van der Waals surface area contributed by atoms with Gasteiger partial charge >= 0.3 is 5.97 Å². The van der Waals surface area contributed by atoms with Gasteiger partial charge in [-0.1, -0.05) is 12.1 Å². The first-order valence-corrected chi connectivity index (χ1v) is 5.69. The summed E-state index contributed by atoms with van der Waals surface area (Å²) in [4.78, 5) is 22.2. The van der Waals surface area contributed by atoms with E-state index in [0.717, 1.165) is 0 Å². The molecule has 1 N–H and O–H groups in total. The van der Waals surface area contributed by atoms with Crippen molar-refractivity contribution in [2.24, 2.45) is 0 Å². The Morgan fingerprint density at radius 3 is 2.21 bits per heavy atom. The first-order valence-electron chi connectivity index (χ1n) is 5.69. The molecule has 19 heavy (non-hydrogen) atoms. The first kappa shape index (κ1) is 12.8. The zero-order chi connectivity index (χ0) is 13.8. The summed E-state index contributed by atoms with van der Waals surface area (Å²) in [7, 11) is 0. The maximum Gasteiger partial charge on any atom is 0.339 e. The number of Topliss-reactive ketones (excluding diaryl/α,β-unsaturated/α-hetero) is 1. The molecule has 0 aliphatic rings. The maximum atomic E-state index is 11.1. The molecule has 96 valence electrons. The zero-order valence-electron chi connectivity index (χ0n) is 10.3. The number of carboxylic acid groups (broad SMARTS) is 1. The van der Waals surface area contributed by atoms with Crippen molar-refractivity contribution in [3.8, 4) is 11.5 Å². The predicted octanol–water partition coefficient (Wildman–Crippen LogP) is 3.38. The third-order valence-corrected chi connectivity index (χ3v) is 2.61. The third-order valence-electron chi connectivity index (χ3n) is 2.61. The van der Waals surface area contributed by atoms with E-state index in [1.165, 1.54) is 13.0 Å². The van der Waals surface area contributed by atoms with E-state index in [4.69, 9.17) is 9.84 Å². The van der Waals surface area contributed by atoms with Crippen LogP contribution in [0.2, 0.25) is 0 Å². The van der Waals surface area contributed by atoms with Gasteiger partial charge in [0.15, 0.2) is 5.78 Å². The highest BCUT2D eigenvalue weighted by Gasteiger charge is 2.11. The number of hydrogen-bond donors (Lipinski definition) is 1. The molecule has 2 aromatic carbocycles. The lowest BCUT2D eigenvalue weighted by atomic mass is 10.1. The zero-order valence-corrected chi connectivity index (χ0v) is 10.3. The molecule has 0 aromatic heterocycles. The van der Waals surface area contributed by atoms with E-state index in [1.54, 1.807) is 42.5 Å². The van der Waals surface area contributed by atoms with Crippen molar-refractivity contribution in [2.75, 3.05) is 0 Å². The second-order valence-corrected chi connectivity index (χ2v) is 3.98. The molecule has 0 amide bonds. The molecule has 0 saturated heterocycles. The maximum absolute atomic E-state index is 11.1. The van der Waals surface area contributed by atoms with Gasteiger partial charge in [0.25, 0.3) is 0 Å². The number of para-hydroxylation sites is 1. The Morgan fingerprint density at radius 2 is 1.63 bits per heavy atom. The third kappa shape index (κ3) is 2.98. The van der Waals surface area contributed by atoms with Gasteiger partial charge in [-0.15, -0.1) is 0 Å². The van der Waals surface area contributed by atoms with Crippen LogP contribution in [-0.2, 0) is 0 Å². The predicted molar refractivity (Wildman–Crippen MR) is 69.9 cm³/mol. The lowest BCUT2D eigenvalue weighted by Gasteiger charge is -2.08. The van der Waals surface area contributed by atoms with Crippen molar-refractivity contribution < 1.29 is 19.4 Å². The minimum absolute atomic E-state index is 0.0301. The fourth-order valence-electron chi connectivity index (χ4n) is 1.62. The van der Waals surface area contributed by atoms with Gasteiger partial charge in [-0.05, 0) is 43.3 Å². The first-order chi connectivity index (χ1) is 9.08. The van der Waals surface area contributed by atoms with Crippen LogP contribution in [0.5, 0.6) is 11.5 Å². The van der Waals surface area contributed by atoms with E-state index in [-0.39, 0.29) is 17.1 Å². The number of ether oxygens (including phenoxy) is 1. The number of carboxylic acids is 1. The van der Waals surface area contributed by atoms with E-state index < -0.39 is 5.97 Å². The molecule has 0 unspecified atom stereocenters. The lowest BCUT2D eigenvalue weighted by molar-refractivity contribution is 0.0694. The quantitative estimate of drug-likeness (QED) is 0.852. The van der Waals surface area contributed by atoms with E-state index in [9.17, 15) is 9.59 Å². The van der Waals surface area contributed by atoms with Crippen LogP contribution in [0.15, 0.2) is 48.5 Å². The van der Waals surface area contributed by atoms with Crippen LogP contribution in [0.3, 0.4) is 0 Å². The van der Waals surface area contributed by atoms with Crippen molar-refractivity contribution in [3.05, 3.63) is 59.7 Å². The van der Waals surface area contributed by atoms with Gasteiger partial charge < -0.3 is 9.84 Å². The largest absolute Gasteiger partial charge is 0.478 e. The van der Waals surface area contributed by atoms with E-state index in [1.807, 2.05) is 0 Å². The number of rotatable bonds is 4. The molecule has 0 spiro atoms. The Kier molecular flexibility index (Phi) is 3.61. The van der Waals surface area contributed by atoms with E-state index in [2.05, 4.69) is 0 Å². The van der Waals surface area contributed by atoms with Gasteiger partial charge in [0.05, 0.1) is 0 Å². The van der Waals surface area contributed by atoms with Crippen LogP contribution in [0.25, 0.3) is 0 Å². The number of carbonyl (C=O) groups excluding carboxylic acids is 1. The molecule has 2 aromatic rings. The molecule has 4 nitrogen and oxygen atoms in total. The second-order valence-electron chi connectivity index (χ2n) is 3.98. The van der Waals surface area contributed by atoms with Crippen molar-refractivity contribution in [3.63, 3.8) is 0 Å². The molecule has 0 bridgehead atoms. The van der Waals surface area contributed by atoms with Gasteiger partial charge in [0.2, 0.25) is 0 Å². The minimum Gasteiger partial charge on any atom is -0.478 e. The molecular formula is C15H12O4. The molecule has 0 radical (unpaired) electrons. The topological polar surface area (TPSA) is 63.6 Å². The minimum atomic E-state index is -1.05. The molecule has 0 aliphatic heterocycles. The number of aromatic carboxylic acids is 1.